The van der Waals surface area contributed by atoms with Gasteiger partial charge in [0, 0.05) is 17.1 Å². The first-order valence-electron chi connectivity index (χ1n) is 8.06. The summed E-state index contributed by atoms with van der Waals surface area (Å²) in [6, 6.07) is 8.57. The molecule has 1 aromatic carbocycles. The summed E-state index contributed by atoms with van der Waals surface area (Å²) in [7, 11) is 0. The third kappa shape index (κ3) is 7.91. The Morgan fingerprint density at radius 2 is 1.46 bits per heavy atom. The van der Waals surface area contributed by atoms with Crippen LogP contribution in [-0.4, -0.2) is 20.7 Å². The smallest absolute Gasteiger partial charge is 0.135 e. The Kier molecular flexibility index (Phi) is 10.6. The van der Waals surface area contributed by atoms with E-state index in [-0.39, 0.29) is 4.58 Å². The molecule has 2 N–H and O–H groups in total. The van der Waals surface area contributed by atoms with Gasteiger partial charge in [0.2, 0.25) is 0 Å². The lowest BCUT2D eigenvalue weighted by molar-refractivity contribution is 0.650. The van der Waals surface area contributed by atoms with Crippen LogP contribution < -0.4 is 10.6 Å². The summed E-state index contributed by atoms with van der Waals surface area (Å²) in [5, 5.41) is 7.43. The highest BCUT2D eigenvalue weighted by Crippen LogP contribution is 2.43. The maximum atomic E-state index is 6.40. The molecule has 2 nitrogen and oxygen atoms in total. The monoisotopic (exact) mass is 420 g/mol. The summed E-state index contributed by atoms with van der Waals surface area (Å²) in [5.41, 5.74) is 1.04. The maximum Gasteiger partial charge on any atom is 0.135 e. The molecule has 0 saturated carbocycles. The molecule has 134 valence electrons. The highest BCUT2D eigenvalue weighted by Gasteiger charge is 2.21. The van der Waals surface area contributed by atoms with Crippen molar-refractivity contribution in [2.24, 2.45) is 0 Å². The van der Waals surface area contributed by atoms with Gasteiger partial charge in [-0.2, -0.15) is 0 Å². The zero-order valence-electron chi connectivity index (χ0n) is 14.5. The molecule has 0 radical (unpaired) electrons. The Hall–Kier alpha value is -0.0100. The average molecular weight is 421 g/mol. The lowest BCUT2D eigenvalue weighted by atomic mass is 10.2. The van der Waals surface area contributed by atoms with E-state index in [4.69, 9.17) is 36.0 Å². The molecule has 24 heavy (non-hydrogen) atoms. The summed E-state index contributed by atoms with van der Waals surface area (Å²) in [6.45, 7) is 8.52. The van der Waals surface area contributed by atoms with E-state index >= 15 is 0 Å². The van der Waals surface area contributed by atoms with Gasteiger partial charge in [0.1, 0.15) is 8.64 Å². The average Bonchev–Trinajstić information content (AvgIpc) is 2.54. The zero-order valence-corrected chi connectivity index (χ0v) is 18.5. The largest absolute Gasteiger partial charge is 0.369 e. The third-order valence-electron chi connectivity index (χ3n) is 3.54. The van der Waals surface area contributed by atoms with E-state index in [0.29, 0.717) is 12.1 Å². The normalized spacial score (nSPS) is 14.5. The molecule has 2 atom stereocenters. The lowest BCUT2D eigenvalue weighted by Crippen LogP contribution is -2.30. The molecule has 1 aromatic rings. The van der Waals surface area contributed by atoms with Crippen molar-refractivity contribution < 1.29 is 0 Å². The van der Waals surface area contributed by atoms with Crippen LogP contribution in [0, 0.1) is 0 Å². The minimum absolute atomic E-state index is 0.0202. The molecule has 0 aromatic heterocycles. The Labute approximate surface area is 170 Å². The molecule has 1 rings (SSSR count). The van der Waals surface area contributed by atoms with Crippen LogP contribution >= 0.6 is 59.6 Å². The zero-order chi connectivity index (χ0) is 18.1. The van der Waals surface area contributed by atoms with Crippen LogP contribution in [0.25, 0.3) is 0 Å². The Bertz CT molecular complexity index is 527. The van der Waals surface area contributed by atoms with Crippen molar-refractivity contribution in [1.29, 1.82) is 0 Å². The summed E-state index contributed by atoms with van der Waals surface area (Å²) in [5.74, 6) is 0. The molecule has 0 saturated heterocycles. The van der Waals surface area contributed by atoms with Crippen molar-refractivity contribution in [3.8, 4) is 0 Å². The van der Waals surface area contributed by atoms with Crippen molar-refractivity contribution >= 4 is 68.2 Å². The van der Waals surface area contributed by atoms with Crippen molar-refractivity contribution in [2.45, 2.75) is 57.2 Å². The predicted octanol–water partition coefficient (Wildman–Crippen LogP) is 6.15. The Morgan fingerprint density at radius 1 is 1.00 bits per heavy atom. The van der Waals surface area contributed by atoms with Gasteiger partial charge in [-0.05, 0) is 38.3 Å². The van der Waals surface area contributed by atoms with Crippen LogP contribution in [0.15, 0.2) is 24.3 Å². The topological polar surface area (TPSA) is 24.1 Å². The lowest BCUT2D eigenvalue weighted by Gasteiger charge is -2.22. The van der Waals surface area contributed by atoms with Crippen molar-refractivity contribution in [3.05, 3.63) is 34.9 Å². The van der Waals surface area contributed by atoms with Gasteiger partial charge >= 0.3 is 0 Å². The van der Waals surface area contributed by atoms with Crippen molar-refractivity contribution in [1.82, 2.24) is 10.6 Å². The molecule has 0 bridgehead atoms. The molecule has 0 fully saturated rings. The van der Waals surface area contributed by atoms with E-state index in [1.165, 1.54) is 0 Å². The third-order valence-corrected chi connectivity index (χ3v) is 6.88. The molecule has 7 heteroatoms. The second-order valence-corrected chi connectivity index (χ2v) is 9.84. The highest BCUT2D eigenvalue weighted by molar-refractivity contribution is 8.35. The number of halogens is 1. The molecule has 0 spiro atoms. The van der Waals surface area contributed by atoms with Crippen LogP contribution in [0.4, 0.5) is 0 Å². The van der Waals surface area contributed by atoms with E-state index < -0.39 is 0 Å². The Balaban J connectivity index is 2.86. The second kappa shape index (κ2) is 11.6. The maximum absolute atomic E-state index is 6.40. The fraction of sp³-hybridized carbons (Fsp3) is 0.529. The number of rotatable bonds is 7. The van der Waals surface area contributed by atoms with Gasteiger partial charge in [-0.3, -0.25) is 0 Å². The number of hydrogen-bond acceptors (Lipinski definition) is 4. The molecular formula is C17H25ClN2S4. The molecule has 2 unspecified atom stereocenters. The van der Waals surface area contributed by atoms with Gasteiger partial charge in [0.05, 0.1) is 4.58 Å². The van der Waals surface area contributed by atoms with Gasteiger partial charge in [-0.1, -0.05) is 91.6 Å². The van der Waals surface area contributed by atoms with Crippen LogP contribution in [0.2, 0.25) is 5.02 Å². The van der Waals surface area contributed by atoms with E-state index in [2.05, 4.69) is 38.3 Å². The minimum Gasteiger partial charge on any atom is -0.369 e. The predicted molar refractivity (Wildman–Crippen MR) is 120 cm³/mol. The summed E-state index contributed by atoms with van der Waals surface area (Å²) in [4.78, 5) is 0. The molecule has 0 amide bonds. The number of thiocarbonyl (C=S) groups is 2. The van der Waals surface area contributed by atoms with Crippen molar-refractivity contribution in [3.63, 3.8) is 0 Å². The highest BCUT2D eigenvalue weighted by atomic mass is 35.5. The summed E-state index contributed by atoms with van der Waals surface area (Å²) in [6.07, 6.45) is 2.05. The quantitative estimate of drug-likeness (QED) is 0.405. The number of nitrogens with one attached hydrogen (secondary N) is 2. The summed E-state index contributed by atoms with van der Waals surface area (Å²) < 4.78 is 1.56. The van der Waals surface area contributed by atoms with Gasteiger partial charge in [-0.25, -0.2) is 0 Å². The first-order valence-corrected chi connectivity index (χ1v) is 11.0. The van der Waals surface area contributed by atoms with Crippen LogP contribution in [0.5, 0.6) is 0 Å². The van der Waals surface area contributed by atoms with Gasteiger partial charge in [-0.15, -0.1) is 0 Å². The fourth-order valence-corrected chi connectivity index (χ4v) is 5.77. The number of thioether (sulfide) groups is 2. The van der Waals surface area contributed by atoms with Gasteiger partial charge in [0.15, 0.2) is 0 Å². The van der Waals surface area contributed by atoms with E-state index in [1.807, 2.05) is 24.3 Å². The van der Waals surface area contributed by atoms with E-state index in [1.54, 1.807) is 23.5 Å². The first-order chi connectivity index (χ1) is 11.4. The fourth-order valence-electron chi connectivity index (χ4n) is 1.69. The first kappa shape index (κ1) is 22.0. The molecule has 0 aliphatic rings. The molecular weight excluding hydrogens is 396 g/mol. The number of benzene rings is 1. The SMILES string of the molecule is CCC(C)NC(=S)SC(SC(=S)NC(C)CC)c1ccccc1Cl. The second-order valence-electron chi connectivity index (χ2n) is 5.57. The van der Waals surface area contributed by atoms with Crippen LogP contribution in [0.3, 0.4) is 0 Å². The van der Waals surface area contributed by atoms with E-state index in [9.17, 15) is 0 Å². The number of hydrogen-bond donors (Lipinski definition) is 2. The minimum atomic E-state index is 0.0202. The van der Waals surface area contributed by atoms with Gasteiger partial charge < -0.3 is 10.6 Å². The molecule has 0 aliphatic heterocycles. The Morgan fingerprint density at radius 3 is 1.88 bits per heavy atom. The van der Waals surface area contributed by atoms with E-state index in [0.717, 1.165) is 32.1 Å². The van der Waals surface area contributed by atoms with Gasteiger partial charge in [0.25, 0.3) is 0 Å². The standard InChI is InChI=1S/C17H25ClN2S4/c1-5-11(3)19-16(21)23-15(13-9-7-8-10-14(13)18)24-17(22)20-12(4)6-2/h7-12,15H,5-6H2,1-4H3,(H,19,21)(H,20,22). The van der Waals surface area contributed by atoms with Crippen molar-refractivity contribution in [2.75, 3.05) is 0 Å². The molecule has 0 aliphatic carbocycles. The summed E-state index contributed by atoms with van der Waals surface area (Å²) >= 11 is 20.6. The van der Waals surface area contributed by atoms with Crippen LogP contribution in [-0.2, 0) is 0 Å². The van der Waals surface area contributed by atoms with Crippen LogP contribution in [0.1, 0.15) is 50.7 Å². The molecule has 0 heterocycles.